The maximum absolute atomic E-state index is 12.5. The van der Waals surface area contributed by atoms with Gasteiger partial charge >= 0.3 is 0 Å². The highest BCUT2D eigenvalue weighted by Gasteiger charge is 2.48. The zero-order chi connectivity index (χ0) is 18.0. The van der Waals surface area contributed by atoms with Gasteiger partial charge in [-0.1, -0.05) is 25.6 Å². The Morgan fingerprint density at radius 3 is 2.76 bits per heavy atom. The van der Waals surface area contributed by atoms with E-state index in [1.54, 1.807) is 11.8 Å². The second-order valence-corrected chi connectivity index (χ2v) is 8.71. The van der Waals surface area contributed by atoms with Crippen molar-refractivity contribution >= 4 is 17.7 Å². The van der Waals surface area contributed by atoms with Crippen LogP contribution >= 0.6 is 11.8 Å². The summed E-state index contributed by atoms with van der Waals surface area (Å²) < 4.78 is 2.21. The molecule has 4 unspecified atom stereocenters. The molecule has 0 aliphatic heterocycles. The quantitative estimate of drug-likeness (QED) is 0.544. The number of nitrogens with one attached hydrogen (secondary N) is 1. The van der Waals surface area contributed by atoms with Gasteiger partial charge in [-0.05, 0) is 49.7 Å². The molecule has 25 heavy (non-hydrogen) atoms. The zero-order valence-electron chi connectivity index (χ0n) is 15.6. The Hall–Kier alpha value is -1.08. The van der Waals surface area contributed by atoms with Crippen LogP contribution in [0.2, 0.25) is 0 Å². The largest absolute Gasteiger partial charge is 0.356 e. The Bertz CT molecular complexity index is 600. The summed E-state index contributed by atoms with van der Waals surface area (Å²) in [6.07, 6.45) is 7.28. The van der Waals surface area contributed by atoms with Crippen LogP contribution < -0.4 is 11.1 Å². The van der Waals surface area contributed by atoms with Gasteiger partial charge in [0.05, 0.1) is 5.92 Å². The molecule has 2 bridgehead atoms. The Morgan fingerprint density at radius 2 is 2.12 bits per heavy atom. The summed E-state index contributed by atoms with van der Waals surface area (Å²) in [6, 6.07) is 0.0667. The third kappa shape index (κ3) is 4.03. The number of nitrogens with zero attached hydrogens (tertiary/aromatic N) is 3. The highest BCUT2D eigenvalue weighted by atomic mass is 32.2. The molecule has 2 aliphatic rings. The summed E-state index contributed by atoms with van der Waals surface area (Å²) in [5, 5.41) is 12.7. The van der Waals surface area contributed by atoms with Gasteiger partial charge in [-0.3, -0.25) is 4.79 Å². The lowest BCUT2D eigenvalue weighted by Gasteiger charge is -2.27. The van der Waals surface area contributed by atoms with E-state index in [0.717, 1.165) is 36.8 Å². The van der Waals surface area contributed by atoms with Crippen molar-refractivity contribution < 1.29 is 4.79 Å². The van der Waals surface area contributed by atoms with Crippen LogP contribution in [0.1, 0.15) is 45.4 Å². The van der Waals surface area contributed by atoms with Crippen molar-refractivity contribution in [3.8, 4) is 0 Å². The van der Waals surface area contributed by atoms with E-state index in [0.29, 0.717) is 24.3 Å². The maximum Gasteiger partial charge on any atom is 0.224 e. The maximum atomic E-state index is 12.5. The monoisotopic (exact) mass is 365 g/mol. The number of fused-ring (bicyclic) bond motifs is 2. The summed E-state index contributed by atoms with van der Waals surface area (Å²) >= 11 is 1.63. The average molecular weight is 366 g/mol. The van der Waals surface area contributed by atoms with E-state index in [1.807, 2.05) is 6.26 Å². The van der Waals surface area contributed by atoms with Gasteiger partial charge in [-0.25, -0.2) is 0 Å². The molecule has 1 amide bonds. The molecular weight excluding hydrogens is 334 g/mol. The van der Waals surface area contributed by atoms with E-state index in [9.17, 15) is 4.79 Å². The Balaban J connectivity index is 1.47. The van der Waals surface area contributed by atoms with Gasteiger partial charge in [0.25, 0.3) is 0 Å². The molecule has 0 radical (unpaired) electrons. The summed E-state index contributed by atoms with van der Waals surface area (Å²) in [6.45, 7) is 6.02. The number of amides is 1. The first-order valence-electron chi connectivity index (χ1n) is 9.50. The third-order valence-electron chi connectivity index (χ3n) is 5.68. The second-order valence-electron chi connectivity index (χ2n) is 7.94. The van der Waals surface area contributed by atoms with E-state index < -0.39 is 0 Å². The van der Waals surface area contributed by atoms with Gasteiger partial charge in [0.2, 0.25) is 5.91 Å². The molecular formula is C18H31N5OS. The molecule has 0 saturated heterocycles. The van der Waals surface area contributed by atoms with Gasteiger partial charge < -0.3 is 15.6 Å². The van der Waals surface area contributed by atoms with Crippen LogP contribution in [-0.2, 0) is 17.8 Å². The minimum absolute atomic E-state index is 0.0337. The number of carbonyl (C=O) groups is 1. The van der Waals surface area contributed by atoms with Crippen molar-refractivity contribution in [3.05, 3.63) is 5.82 Å². The van der Waals surface area contributed by atoms with Crippen LogP contribution in [0.4, 0.5) is 0 Å². The predicted octanol–water partition coefficient (Wildman–Crippen LogP) is 2.08. The van der Waals surface area contributed by atoms with Crippen molar-refractivity contribution in [2.45, 2.75) is 63.7 Å². The fourth-order valence-electron chi connectivity index (χ4n) is 4.50. The highest BCUT2D eigenvalue weighted by Crippen LogP contribution is 2.47. The minimum atomic E-state index is 0.0337. The van der Waals surface area contributed by atoms with Gasteiger partial charge in [0.15, 0.2) is 5.16 Å². The smallest absolute Gasteiger partial charge is 0.224 e. The van der Waals surface area contributed by atoms with Gasteiger partial charge in [-0.2, -0.15) is 0 Å². The minimum Gasteiger partial charge on any atom is -0.356 e. The normalized spacial score (nSPS) is 28.0. The molecule has 2 fully saturated rings. The molecule has 1 heterocycles. The molecule has 6 nitrogen and oxygen atoms in total. The SMILES string of the molecule is CSc1nnc(CCCNC(=O)C2C3CCC(C3)C2N)n1CC(C)C. The van der Waals surface area contributed by atoms with Crippen LogP contribution in [0.25, 0.3) is 0 Å². The molecule has 2 saturated carbocycles. The number of hydrogen-bond acceptors (Lipinski definition) is 5. The van der Waals surface area contributed by atoms with E-state index in [4.69, 9.17) is 5.73 Å². The average Bonchev–Trinajstić information content (AvgIpc) is 3.26. The van der Waals surface area contributed by atoms with E-state index >= 15 is 0 Å². The number of aryl methyl sites for hydroxylation is 1. The highest BCUT2D eigenvalue weighted by molar-refractivity contribution is 7.98. The Morgan fingerprint density at radius 1 is 1.36 bits per heavy atom. The van der Waals surface area contributed by atoms with Crippen molar-refractivity contribution in [1.29, 1.82) is 0 Å². The standard InChI is InChI=1S/C18H31N5OS/c1-11(2)10-23-14(21-22-18(23)25-3)5-4-8-20-17(24)15-12-6-7-13(9-12)16(15)19/h11-13,15-16H,4-10,19H2,1-3H3,(H,20,24). The molecule has 1 aromatic rings. The van der Waals surface area contributed by atoms with E-state index in [1.165, 1.54) is 12.8 Å². The first-order valence-corrected chi connectivity index (χ1v) is 10.7. The van der Waals surface area contributed by atoms with Crippen molar-refractivity contribution in [3.63, 3.8) is 0 Å². The molecule has 7 heteroatoms. The molecule has 3 rings (SSSR count). The fourth-order valence-corrected chi connectivity index (χ4v) is 5.03. The van der Waals surface area contributed by atoms with Gasteiger partial charge in [0.1, 0.15) is 5.82 Å². The van der Waals surface area contributed by atoms with Crippen LogP contribution in [0.15, 0.2) is 5.16 Å². The van der Waals surface area contributed by atoms with Crippen molar-refractivity contribution in [2.75, 3.05) is 12.8 Å². The van der Waals surface area contributed by atoms with Gasteiger partial charge in [-0.15, -0.1) is 10.2 Å². The molecule has 1 aromatic heterocycles. The number of nitrogens with two attached hydrogens (primary N) is 1. The molecule has 0 spiro atoms. The lowest BCUT2D eigenvalue weighted by Crippen LogP contribution is -2.45. The van der Waals surface area contributed by atoms with Gasteiger partial charge in [0, 0.05) is 25.6 Å². The molecule has 140 valence electrons. The second kappa shape index (κ2) is 8.08. The molecule has 0 aromatic carbocycles. The molecule has 3 N–H and O–H groups in total. The first kappa shape index (κ1) is 18.7. The lowest BCUT2D eigenvalue weighted by molar-refractivity contribution is -0.127. The third-order valence-corrected chi connectivity index (χ3v) is 6.35. The summed E-state index contributed by atoms with van der Waals surface area (Å²) in [5.41, 5.74) is 6.26. The van der Waals surface area contributed by atoms with Crippen molar-refractivity contribution in [1.82, 2.24) is 20.1 Å². The van der Waals surface area contributed by atoms with E-state index in [-0.39, 0.29) is 17.9 Å². The van der Waals surface area contributed by atoms with Crippen LogP contribution in [-0.4, -0.2) is 39.5 Å². The Labute approximate surface area is 154 Å². The first-order chi connectivity index (χ1) is 12.0. The summed E-state index contributed by atoms with van der Waals surface area (Å²) in [7, 11) is 0. The predicted molar refractivity (Wildman–Crippen MR) is 100 cm³/mol. The topological polar surface area (TPSA) is 85.8 Å². The van der Waals surface area contributed by atoms with Crippen molar-refractivity contribution in [2.24, 2.45) is 29.4 Å². The summed E-state index contributed by atoms with van der Waals surface area (Å²) in [5.74, 6) is 2.85. The number of aromatic nitrogens is 3. The summed E-state index contributed by atoms with van der Waals surface area (Å²) in [4.78, 5) is 12.5. The van der Waals surface area contributed by atoms with E-state index in [2.05, 4.69) is 33.9 Å². The van der Waals surface area contributed by atoms with Crippen LogP contribution in [0.5, 0.6) is 0 Å². The Kier molecular flexibility index (Phi) is 6.04. The number of thioether (sulfide) groups is 1. The number of rotatable bonds is 8. The molecule has 4 atom stereocenters. The van der Waals surface area contributed by atoms with Crippen LogP contribution in [0, 0.1) is 23.7 Å². The zero-order valence-corrected chi connectivity index (χ0v) is 16.4. The number of hydrogen-bond donors (Lipinski definition) is 2. The fraction of sp³-hybridized carbons (Fsp3) is 0.833. The molecule has 2 aliphatic carbocycles. The van der Waals surface area contributed by atoms with Crippen LogP contribution in [0.3, 0.4) is 0 Å². The lowest BCUT2D eigenvalue weighted by atomic mass is 9.84. The number of carbonyl (C=O) groups excluding carboxylic acids is 1.